The summed E-state index contributed by atoms with van der Waals surface area (Å²) in [5, 5.41) is 20.7. The van der Waals surface area contributed by atoms with Crippen molar-refractivity contribution in [2.75, 3.05) is 5.32 Å². The number of rotatable bonds is 3. The van der Waals surface area contributed by atoms with Gasteiger partial charge in [0.2, 0.25) is 5.13 Å². The maximum Gasteiger partial charge on any atom is 0.205 e. The molecule has 4 nitrogen and oxygen atoms in total. The molecule has 0 amide bonds. The molecule has 0 aliphatic carbocycles. The Bertz CT molecular complexity index is 233. The fraction of sp³-hybridized carbons (Fsp3) is 0.714. The smallest absolute Gasteiger partial charge is 0.205 e. The minimum atomic E-state index is -0.429. The van der Waals surface area contributed by atoms with E-state index in [2.05, 4.69) is 15.5 Å². The first-order valence-electron chi connectivity index (χ1n) is 3.75. The Labute approximate surface area is 75.6 Å². The van der Waals surface area contributed by atoms with Crippen LogP contribution in [-0.2, 0) is 0 Å². The van der Waals surface area contributed by atoms with E-state index < -0.39 is 6.10 Å². The number of hydrogen-bond acceptors (Lipinski definition) is 5. The van der Waals surface area contributed by atoms with E-state index in [0.717, 1.165) is 5.13 Å². The van der Waals surface area contributed by atoms with Gasteiger partial charge in [-0.25, -0.2) is 0 Å². The summed E-state index contributed by atoms with van der Waals surface area (Å²) in [6, 6.07) is 0. The van der Waals surface area contributed by atoms with Gasteiger partial charge in [-0.05, 0) is 20.8 Å². The molecule has 1 heterocycles. The number of aromatic nitrogens is 2. The van der Waals surface area contributed by atoms with Crippen LogP contribution in [-0.4, -0.2) is 26.9 Å². The lowest BCUT2D eigenvalue weighted by molar-refractivity contribution is 0.133. The van der Waals surface area contributed by atoms with Crippen LogP contribution in [0, 0.1) is 0 Å². The summed E-state index contributed by atoms with van der Waals surface area (Å²) in [5.41, 5.74) is 1.29. The van der Waals surface area contributed by atoms with Crippen molar-refractivity contribution in [1.82, 2.24) is 10.2 Å². The summed E-state index contributed by atoms with van der Waals surface area (Å²) < 4.78 is 0. The third kappa shape index (κ3) is 2.15. The molecule has 1 aromatic rings. The van der Waals surface area contributed by atoms with Gasteiger partial charge in [0.05, 0.1) is 11.6 Å². The number of anilines is 1. The van der Waals surface area contributed by atoms with Crippen molar-refractivity contribution in [3.8, 4) is 0 Å². The van der Waals surface area contributed by atoms with E-state index in [4.69, 9.17) is 0 Å². The Morgan fingerprint density at radius 3 is 2.75 bits per heavy atom. The zero-order valence-corrected chi connectivity index (χ0v) is 8.22. The van der Waals surface area contributed by atoms with Crippen molar-refractivity contribution in [1.29, 1.82) is 0 Å². The third-order valence-corrected chi connectivity index (χ3v) is 2.44. The second-order valence-electron chi connectivity index (χ2n) is 3.27. The Kier molecular flexibility index (Phi) is 2.64. The van der Waals surface area contributed by atoms with Crippen LogP contribution in [0.3, 0.4) is 0 Å². The molecule has 5 heteroatoms. The molecule has 2 N–H and O–H groups in total. The maximum atomic E-state index is 9.37. The topological polar surface area (TPSA) is 58.0 Å². The number of nitrogens with zero attached hydrogens (tertiary/aromatic N) is 2. The highest BCUT2D eigenvalue weighted by Gasteiger charge is 2.24. The van der Waals surface area contributed by atoms with Gasteiger partial charge in [-0.3, -0.25) is 0 Å². The minimum Gasteiger partial charge on any atom is -0.391 e. The van der Waals surface area contributed by atoms with E-state index in [1.807, 2.05) is 13.8 Å². The van der Waals surface area contributed by atoms with Crippen molar-refractivity contribution < 1.29 is 5.11 Å². The Morgan fingerprint density at radius 2 is 2.33 bits per heavy atom. The van der Waals surface area contributed by atoms with Crippen LogP contribution in [0.5, 0.6) is 0 Å². The molecule has 0 radical (unpaired) electrons. The van der Waals surface area contributed by atoms with Gasteiger partial charge in [-0.1, -0.05) is 11.3 Å². The van der Waals surface area contributed by atoms with E-state index in [9.17, 15) is 5.11 Å². The summed E-state index contributed by atoms with van der Waals surface area (Å²) in [4.78, 5) is 0. The number of hydrogen-bond donors (Lipinski definition) is 2. The van der Waals surface area contributed by atoms with Gasteiger partial charge >= 0.3 is 0 Å². The standard InChI is InChI=1S/C7H13N3OS/c1-5(11)7(2,3)9-6-10-8-4-12-6/h4-5,11H,1-3H3,(H,9,10). The third-order valence-electron chi connectivity index (χ3n) is 1.83. The predicted octanol–water partition coefficient (Wildman–Crippen LogP) is 1.11. The minimum absolute atomic E-state index is 0.362. The van der Waals surface area contributed by atoms with Crippen LogP contribution < -0.4 is 5.32 Å². The normalized spacial score (nSPS) is 14.3. The molecule has 1 atom stereocenters. The molecule has 0 fully saturated rings. The fourth-order valence-electron chi connectivity index (χ4n) is 0.608. The van der Waals surface area contributed by atoms with Crippen LogP contribution >= 0.6 is 11.3 Å². The summed E-state index contributed by atoms with van der Waals surface area (Å²) in [6.07, 6.45) is -0.429. The lowest BCUT2D eigenvalue weighted by atomic mass is 9.99. The van der Waals surface area contributed by atoms with Crippen LogP contribution in [0.15, 0.2) is 5.51 Å². The van der Waals surface area contributed by atoms with Gasteiger partial charge in [-0.15, -0.1) is 10.2 Å². The molecule has 0 aliphatic heterocycles. The monoisotopic (exact) mass is 187 g/mol. The van der Waals surface area contributed by atoms with Crippen LogP contribution in [0.25, 0.3) is 0 Å². The van der Waals surface area contributed by atoms with Crippen molar-refractivity contribution in [3.63, 3.8) is 0 Å². The lowest BCUT2D eigenvalue weighted by Gasteiger charge is -2.28. The van der Waals surface area contributed by atoms with Gasteiger partial charge in [0, 0.05) is 0 Å². The zero-order chi connectivity index (χ0) is 9.19. The molecule has 68 valence electrons. The Hall–Kier alpha value is -0.680. The SMILES string of the molecule is CC(O)C(C)(C)Nc1nncs1. The quantitative estimate of drug-likeness (QED) is 0.744. The molecular weight excluding hydrogens is 174 g/mol. The highest BCUT2D eigenvalue weighted by molar-refractivity contribution is 7.13. The van der Waals surface area contributed by atoms with Crippen molar-refractivity contribution in [2.24, 2.45) is 0 Å². The van der Waals surface area contributed by atoms with Crippen molar-refractivity contribution in [2.45, 2.75) is 32.4 Å². The first kappa shape index (κ1) is 9.41. The molecule has 1 aromatic heterocycles. The van der Waals surface area contributed by atoms with Gasteiger partial charge < -0.3 is 10.4 Å². The lowest BCUT2D eigenvalue weighted by Crippen LogP contribution is -2.41. The molecule has 0 saturated heterocycles. The molecule has 0 saturated carbocycles. The van der Waals surface area contributed by atoms with Crippen LogP contribution in [0.1, 0.15) is 20.8 Å². The van der Waals surface area contributed by atoms with Crippen molar-refractivity contribution >= 4 is 16.5 Å². The van der Waals surface area contributed by atoms with E-state index in [1.54, 1.807) is 12.4 Å². The number of nitrogens with one attached hydrogen (secondary N) is 1. The number of aliphatic hydroxyl groups excluding tert-OH is 1. The molecule has 12 heavy (non-hydrogen) atoms. The van der Waals surface area contributed by atoms with Gasteiger partial charge in [0.25, 0.3) is 0 Å². The molecule has 1 unspecified atom stereocenters. The average Bonchev–Trinajstić information content (AvgIpc) is 2.38. The average molecular weight is 187 g/mol. The first-order chi connectivity index (χ1) is 5.52. The van der Waals surface area contributed by atoms with Gasteiger partial charge in [0.15, 0.2) is 0 Å². The molecule has 1 rings (SSSR count). The van der Waals surface area contributed by atoms with Gasteiger partial charge in [-0.2, -0.15) is 0 Å². The maximum absolute atomic E-state index is 9.37. The van der Waals surface area contributed by atoms with E-state index in [1.165, 1.54) is 11.3 Å². The molecule has 0 aromatic carbocycles. The van der Waals surface area contributed by atoms with Crippen molar-refractivity contribution in [3.05, 3.63) is 5.51 Å². The molecular formula is C7H13N3OS. The highest BCUT2D eigenvalue weighted by Crippen LogP contribution is 2.18. The molecule has 0 spiro atoms. The van der Waals surface area contributed by atoms with E-state index in [-0.39, 0.29) is 5.54 Å². The summed E-state index contributed by atoms with van der Waals surface area (Å²) in [5.74, 6) is 0. The molecule has 0 aliphatic rings. The zero-order valence-electron chi connectivity index (χ0n) is 7.40. The fourth-order valence-corrected chi connectivity index (χ4v) is 1.22. The second kappa shape index (κ2) is 3.37. The summed E-state index contributed by atoms with van der Waals surface area (Å²) in [6.45, 7) is 5.58. The summed E-state index contributed by atoms with van der Waals surface area (Å²) in [7, 11) is 0. The first-order valence-corrected chi connectivity index (χ1v) is 4.63. The Morgan fingerprint density at radius 1 is 1.67 bits per heavy atom. The highest BCUT2D eigenvalue weighted by atomic mass is 32.1. The number of aliphatic hydroxyl groups is 1. The molecule has 0 bridgehead atoms. The van der Waals surface area contributed by atoms with E-state index >= 15 is 0 Å². The summed E-state index contributed by atoms with van der Waals surface area (Å²) >= 11 is 1.42. The van der Waals surface area contributed by atoms with Crippen LogP contribution in [0.2, 0.25) is 0 Å². The largest absolute Gasteiger partial charge is 0.391 e. The predicted molar refractivity (Wildman–Crippen MR) is 49.3 cm³/mol. The van der Waals surface area contributed by atoms with Gasteiger partial charge in [0.1, 0.15) is 5.51 Å². The van der Waals surface area contributed by atoms with E-state index in [0.29, 0.717) is 0 Å². The van der Waals surface area contributed by atoms with Crippen LogP contribution in [0.4, 0.5) is 5.13 Å². The second-order valence-corrected chi connectivity index (χ2v) is 4.10. The Balaban J connectivity index is 2.62.